The van der Waals surface area contributed by atoms with Crippen molar-refractivity contribution in [1.82, 2.24) is 0 Å². The normalized spacial score (nSPS) is 22.0. The SMILES string of the molecule is Cc1ccc(N(C)C(=O)C2CC2C(=O)O)cc1. The van der Waals surface area contributed by atoms with E-state index in [1.807, 2.05) is 31.2 Å². The van der Waals surface area contributed by atoms with Crippen LogP contribution in [0.25, 0.3) is 0 Å². The number of amides is 1. The molecule has 4 nitrogen and oxygen atoms in total. The first kappa shape index (κ1) is 11.6. The van der Waals surface area contributed by atoms with Crippen LogP contribution in [-0.2, 0) is 9.59 Å². The molecule has 2 unspecified atom stereocenters. The molecule has 1 aromatic rings. The summed E-state index contributed by atoms with van der Waals surface area (Å²) in [6.07, 6.45) is 0.463. The van der Waals surface area contributed by atoms with Crippen LogP contribution in [0.4, 0.5) is 5.69 Å². The van der Waals surface area contributed by atoms with Crippen LogP contribution in [0, 0.1) is 18.8 Å². The van der Waals surface area contributed by atoms with Gasteiger partial charge < -0.3 is 10.0 Å². The van der Waals surface area contributed by atoms with E-state index in [9.17, 15) is 9.59 Å². The summed E-state index contributed by atoms with van der Waals surface area (Å²) in [5.41, 5.74) is 1.93. The number of carbonyl (C=O) groups excluding carboxylic acids is 1. The third-order valence-electron chi connectivity index (χ3n) is 3.18. The van der Waals surface area contributed by atoms with E-state index in [-0.39, 0.29) is 11.8 Å². The van der Waals surface area contributed by atoms with E-state index < -0.39 is 11.9 Å². The number of aliphatic carboxylic acids is 1. The Morgan fingerprint density at radius 3 is 2.29 bits per heavy atom. The van der Waals surface area contributed by atoms with Crippen LogP contribution in [0.5, 0.6) is 0 Å². The van der Waals surface area contributed by atoms with Crippen molar-refractivity contribution < 1.29 is 14.7 Å². The van der Waals surface area contributed by atoms with Gasteiger partial charge in [-0.25, -0.2) is 0 Å². The highest BCUT2D eigenvalue weighted by Crippen LogP contribution is 2.40. The molecule has 0 spiro atoms. The number of carbonyl (C=O) groups is 2. The number of aryl methyl sites for hydroxylation is 1. The zero-order valence-corrected chi connectivity index (χ0v) is 9.88. The van der Waals surface area contributed by atoms with Gasteiger partial charge in [-0.1, -0.05) is 17.7 Å². The molecule has 2 rings (SSSR count). The minimum atomic E-state index is -0.874. The Kier molecular flexibility index (Phi) is 2.88. The molecule has 0 aliphatic heterocycles. The minimum Gasteiger partial charge on any atom is -0.481 e. The predicted octanol–water partition coefficient (Wildman–Crippen LogP) is 1.68. The number of carboxylic acids is 1. The van der Waals surface area contributed by atoms with Crippen LogP contribution in [0.1, 0.15) is 12.0 Å². The van der Waals surface area contributed by atoms with Gasteiger partial charge in [0.05, 0.1) is 11.8 Å². The van der Waals surface area contributed by atoms with Crippen LogP contribution >= 0.6 is 0 Å². The van der Waals surface area contributed by atoms with Gasteiger partial charge in [0.15, 0.2) is 0 Å². The van der Waals surface area contributed by atoms with E-state index in [1.165, 1.54) is 4.90 Å². The van der Waals surface area contributed by atoms with Gasteiger partial charge >= 0.3 is 5.97 Å². The van der Waals surface area contributed by atoms with Crippen molar-refractivity contribution in [2.75, 3.05) is 11.9 Å². The van der Waals surface area contributed by atoms with Crippen LogP contribution in [0.3, 0.4) is 0 Å². The highest BCUT2D eigenvalue weighted by molar-refractivity contribution is 5.99. The summed E-state index contributed by atoms with van der Waals surface area (Å²) in [5.74, 6) is -1.82. The van der Waals surface area contributed by atoms with E-state index in [2.05, 4.69) is 0 Å². The minimum absolute atomic E-state index is 0.110. The zero-order chi connectivity index (χ0) is 12.6. The second-order valence-corrected chi connectivity index (χ2v) is 4.52. The fourth-order valence-electron chi connectivity index (χ4n) is 1.89. The molecule has 4 heteroatoms. The highest BCUT2D eigenvalue weighted by Gasteiger charge is 2.49. The maximum atomic E-state index is 12.0. The van der Waals surface area contributed by atoms with Crippen molar-refractivity contribution in [2.24, 2.45) is 11.8 Å². The lowest BCUT2D eigenvalue weighted by Gasteiger charge is -2.17. The van der Waals surface area contributed by atoms with Crippen LogP contribution < -0.4 is 4.90 Å². The van der Waals surface area contributed by atoms with Crippen molar-refractivity contribution in [3.8, 4) is 0 Å². The van der Waals surface area contributed by atoms with E-state index >= 15 is 0 Å². The average Bonchev–Trinajstić information content (AvgIpc) is 3.08. The molecular weight excluding hydrogens is 218 g/mol. The van der Waals surface area contributed by atoms with Crippen LogP contribution in [0.2, 0.25) is 0 Å². The van der Waals surface area contributed by atoms with E-state index in [0.717, 1.165) is 11.3 Å². The molecule has 0 heterocycles. The summed E-state index contributed by atoms with van der Waals surface area (Å²) in [6, 6.07) is 7.60. The Labute approximate surface area is 99.9 Å². The maximum Gasteiger partial charge on any atom is 0.307 e. The number of hydrogen-bond acceptors (Lipinski definition) is 2. The lowest BCUT2D eigenvalue weighted by atomic mass is 10.2. The summed E-state index contributed by atoms with van der Waals surface area (Å²) in [4.78, 5) is 24.2. The molecule has 0 aromatic heterocycles. The molecule has 2 atom stereocenters. The quantitative estimate of drug-likeness (QED) is 0.864. The molecule has 90 valence electrons. The standard InChI is InChI=1S/C13H15NO3/c1-8-3-5-9(6-4-8)14(2)12(15)10-7-11(10)13(16)17/h3-6,10-11H,7H2,1-2H3,(H,16,17). The molecule has 17 heavy (non-hydrogen) atoms. The smallest absolute Gasteiger partial charge is 0.307 e. The summed E-state index contributed by atoms with van der Waals surface area (Å²) < 4.78 is 0. The number of carboxylic acid groups (broad SMARTS) is 1. The van der Waals surface area contributed by atoms with Crippen molar-refractivity contribution >= 4 is 17.6 Å². The largest absolute Gasteiger partial charge is 0.481 e. The van der Waals surface area contributed by atoms with Crippen molar-refractivity contribution in [1.29, 1.82) is 0 Å². The van der Waals surface area contributed by atoms with Crippen molar-refractivity contribution in [2.45, 2.75) is 13.3 Å². The fraction of sp³-hybridized carbons (Fsp3) is 0.385. The Bertz CT molecular complexity index is 452. The molecule has 0 bridgehead atoms. The lowest BCUT2D eigenvalue weighted by Crippen LogP contribution is -2.28. The molecule has 1 fully saturated rings. The first-order valence-electron chi connectivity index (χ1n) is 5.57. The summed E-state index contributed by atoms with van der Waals surface area (Å²) >= 11 is 0. The van der Waals surface area contributed by atoms with Gasteiger partial charge in [0.25, 0.3) is 0 Å². The van der Waals surface area contributed by atoms with Crippen LogP contribution in [-0.4, -0.2) is 24.0 Å². The van der Waals surface area contributed by atoms with Gasteiger partial charge in [0, 0.05) is 12.7 Å². The number of benzene rings is 1. The van der Waals surface area contributed by atoms with Gasteiger partial charge in [-0.15, -0.1) is 0 Å². The molecule has 1 aliphatic carbocycles. The van der Waals surface area contributed by atoms with Gasteiger partial charge in [0.1, 0.15) is 0 Å². The molecular formula is C13H15NO3. The number of rotatable bonds is 3. The number of hydrogen-bond donors (Lipinski definition) is 1. The second kappa shape index (κ2) is 4.20. The molecule has 0 radical (unpaired) electrons. The lowest BCUT2D eigenvalue weighted by molar-refractivity contribution is -0.139. The summed E-state index contributed by atoms with van der Waals surface area (Å²) in [5, 5.41) is 8.79. The highest BCUT2D eigenvalue weighted by atomic mass is 16.4. The molecule has 1 amide bonds. The third kappa shape index (κ3) is 2.30. The molecule has 0 saturated heterocycles. The topological polar surface area (TPSA) is 57.6 Å². The van der Waals surface area contributed by atoms with E-state index in [1.54, 1.807) is 7.05 Å². The summed E-state index contributed by atoms with van der Waals surface area (Å²) in [7, 11) is 1.68. The van der Waals surface area contributed by atoms with Gasteiger partial charge in [-0.3, -0.25) is 9.59 Å². The van der Waals surface area contributed by atoms with Gasteiger partial charge in [-0.2, -0.15) is 0 Å². The van der Waals surface area contributed by atoms with Crippen molar-refractivity contribution in [3.63, 3.8) is 0 Å². The predicted molar refractivity (Wildman–Crippen MR) is 63.8 cm³/mol. The number of nitrogens with zero attached hydrogens (tertiary/aromatic N) is 1. The molecule has 1 aliphatic rings. The Morgan fingerprint density at radius 1 is 1.24 bits per heavy atom. The maximum absolute atomic E-state index is 12.0. The van der Waals surface area contributed by atoms with Gasteiger partial charge in [-0.05, 0) is 25.5 Å². The Balaban J connectivity index is 2.06. The summed E-state index contributed by atoms with van der Waals surface area (Å²) in [6.45, 7) is 1.98. The average molecular weight is 233 g/mol. The molecule has 1 aromatic carbocycles. The third-order valence-corrected chi connectivity index (χ3v) is 3.18. The second-order valence-electron chi connectivity index (χ2n) is 4.52. The first-order chi connectivity index (χ1) is 8.00. The molecule has 1 saturated carbocycles. The Morgan fingerprint density at radius 2 is 1.82 bits per heavy atom. The first-order valence-corrected chi connectivity index (χ1v) is 5.57. The molecule has 1 N–H and O–H groups in total. The van der Waals surface area contributed by atoms with Crippen molar-refractivity contribution in [3.05, 3.63) is 29.8 Å². The monoisotopic (exact) mass is 233 g/mol. The zero-order valence-electron chi connectivity index (χ0n) is 9.88. The van der Waals surface area contributed by atoms with Crippen LogP contribution in [0.15, 0.2) is 24.3 Å². The van der Waals surface area contributed by atoms with E-state index in [0.29, 0.717) is 6.42 Å². The Hall–Kier alpha value is -1.84. The number of anilines is 1. The fourth-order valence-corrected chi connectivity index (χ4v) is 1.89. The van der Waals surface area contributed by atoms with E-state index in [4.69, 9.17) is 5.11 Å². The van der Waals surface area contributed by atoms with Gasteiger partial charge in [0.2, 0.25) is 5.91 Å².